The fourth-order valence-electron chi connectivity index (χ4n) is 4.96. The van der Waals surface area contributed by atoms with Gasteiger partial charge in [0.2, 0.25) is 0 Å². The summed E-state index contributed by atoms with van der Waals surface area (Å²) in [5.74, 6) is -0.874. The number of rotatable bonds is 7. The molecule has 3 aromatic rings. The zero-order chi connectivity index (χ0) is 27.0. The van der Waals surface area contributed by atoms with E-state index in [1.165, 1.54) is 19.2 Å². The molecule has 0 saturated carbocycles. The fourth-order valence-corrected chi connectivity index (χ4v) is 5.51. The summed E-state index contributed by atoms with van der Waals surface area (Å²) in [5.41, 5.74) is 4.77. The van der Waals surface area contributed by atoms with E-state index in [1.54, 1.807) is 37.3 Å². The van der Waals surface area contributed by atoms with Crippen LogP contribution in [0.4, 0.5) is 4.39 Å². The summed E-state index contributed by atoms with van der Waals surface area (Å²) in [4.78, 5) is 26.7. The van der Waals surface area contributed by atoms with E-state index in [1.807, 2.05) is 25.1 Å². The number of carbonyl (C=O) groups is 2. The largest absolute Gasteiger partial charge is 0.490 e. The molecule has 0 fully saturated rings. The van der Waals surface area contributed by atoms with Gasteiger partial charge in [0, 0.05) is 26.9 Å². The number of hydrogen-bond donors (Lipinski definition) is 1. The van der Waals surface area contributed by atoms with Crippen molar-refractivity contribution in [1.29, 1.82) is 0 Å². The molecule has 38 heavy (non-hydrogen) atoms. The first-order chi connectivity index (χ1) is 18.3. The zero-order valence-electron chi connectivity index (χ0n) is 21.1. The van der Waals surface area contributed by atoms with Crippen molar-refractivity contribution in [2.24, 2.45) is 0 Å². The monoisotopic (exact) mass is 577 g/mol. The van der Waals surface area contributed by atoms with Crippen LogP contribution in [-0.2, 0) is 16.1 Å². The van der Waals surface area contributed by atoms with Gasteiger partial charge in [0.25, 0.3) is 0 Å². The summed E-state index contributed by atoms with van der Waals surface area (Å²) in [6.07, 6.45) is 0. The van der Waals surface area contributed by atoms with E-state index in [0.717, 1.165) is 5.56 Å². The van der Waals surface area contributed by atoms with Gasteiger partial charge >= 0.3 is 5.97 Å². The Hall–Kier alpha value is -3.91. The Bertz CT molecular complexity index is 1530. The Kier molecular flexibility index (Phi) is 7.08. The molecular weight excluding hydrogens is 553 g/mol. The Balaban J connectivity index is 1.62. The fraction of sp³-hybridized carbons (Fsp3) is 0.200. The van der Waals surface area contributed by atoms with Gasteiger partial charge < -0.3 is 19.5 Å². The quantitative estimate of drug-likeness (QED) is 0.332. The van der Waals surface area contributed by atoms with E-state index in [0.29, 0.717) is 61.8 Å². The maximum atomic E-state index is 13.7. The van der Waals surface area contributed by atoms with Crippen LogP contribution in [0.5, 0.6) is 11.5 Å². The van der Waals surface area contributed by atoms with Gasteiger partial charge in [0.15, 0.2) is 17.3 Å². The lowest BCUT2D eigenvalue weighted by Gasteiger charge is -2.30. The minimum atomic E-state index is -0.718. The minimum absolute atomic E-state index is 0.131. The minimum Gasteiger partial charge on any atom is -0.490 e. The first-order valence-electron chi connectivity index (χ1n) is 12.1. The predicted molar refractivity (Wildman–Crippen MR) is 144 cm³/mol. The Morgan fingerprint density at radius 3 is 2.47 bits per heavy atom. The highest BCUT2D eigenvalue weighted by Crippen LogP contribution is 2.50. The SMILES string of the molecule is CCOc1cc([C@@H]2C(C(=O)OC)=C(C)NC3=C2C(=O)c2ccccc23)c(Br)cc1OCc1cccc(F)c1. The molecule has 2 aliphatic rings. The van der Waals surface area contributed by atoms with E-state index in [9.17, 15) is 14.0 Å². The number of ketones is 1. The highest BCUT2D eigenvalue weighted by atomic mass is 79.9. The second-order valence-corrected chi connectivity index (χ2v) is 9.78. The molecule has 6 nitrogen and oxygen atoms in total. The highest BCUT2D eigenvalue weighted by Gasteiger charge is 2.43. The number of esters is 1. The van der Waals surface area contributed by atoms with Crippen LogP contribution in [0, 0.1) is 5.82 Å². The molecule has 0 amide bonds. The van der Waals surface area contributed by atoms with Gasteiger partial charge in [-0.05, 0) is 49.2 Å². The molecule has 8 heteroatoms. The number of dihydropyridines is 1. The molecule has 0 saturated heterocycles. The molecule has 3 aromatic carbocycles. The van der Waals surface area contributed by atoms with E-state index in [4.69, 9.17) is 14.2 Å². The summed E-state index contributed by atoms with van der Waals surface area (Å²) in [7, 11) is 1.32. The van der Waals surface area contributed by atoms with Crippen LogP contribution in [0.15, 0.2) is 82.0 Å². The number of hydrogen-bond acceptors (Lipinski definition) is 6. The molecular formula is C30H25BrFNO5. The van der Waals surface area contributed by atoms with E-state index >= 15 is 0 Å². The van der Waals surface area contributed by atoms with E-state index < -0.39 is 11.9 Å². The Morgan fingerprint density at radius 2 is 1.76 bits per heavy atom. The van der Waals surface area contributed by atoms with Crippen LogP contribution in [0.2, 0.25) is 0 Å². The lowest BCUT2D eigenvalue weighted by molar-refractivity contribution is -0.136. The lowest BCUT2D eigenvalue weighted by Crippen LogP contribution is -2.29. The molecule has 0 bridgehead atoms. The van der Waals surface area contributed by atoms with Crippen molar-refractivity contribution < 1.29 is 28.2 Å². The summed E-state index contributed by atoms with van der Waals surface area (Å²) in [5, 5.41) is 3.28. The van der Waals surface area contributed by atoms with Crippen molar-refractivity contribution >= 4 is 33.4 Å². The second kappa shape index (κ2) is 10.5. The number of ether oxygens (including phenoxy) is 3. The number of benzene rings is 3. The van der Waals surface area contributed by atoms with Crippen LogP contribution in [0.3, 0.4) is 0 Å². The number of Topliss-reactive ketones (excluding diaryl/α,β-unsaturated/α-hetero) is 1. The molecule has 194 valence electrons. The summed E-state index contributed by atoms with van der Waals surface area (Å²) in [6, 6.07) is 17.1. The number of methoxy groups -OCH3 is 1. The molecule has 1 aliphatic carbocycles. The molecule has 0 unspecified atom stereocenters. The third-order valence-corrected chi connectivity index (χ3v) is 7.30. The van der Waals surface area contributed by atoms with Gasteiger partial charge in [-0.25, -0.2) is 9.18 Å². The topological polar surface area (TPSA) is 73.9 Å². The number of nitrogens with one attached hydrogen (secondary N) is 1. The van der Waals surface area contributed by atoms with Crippen LogP contribution in [0.1, 0.15) is 46.8 Å². The molecule has 0 radical (unpaired) electrons. The van der Waals surface area contributed by atoms with Crippen molar-refractivity contribution in [2.75, 3.05) is 13.7 Å². The smallest absolute Gasteiger partial charge is 0.336 e. The van der Waals surface area contributed by atoms with Crippen molar-refractivity contribution in [3.05, 3.63) is 110 Å². The average Bonchev–Trinajstić information content (AvgIpc) is 3.19. The van der Waals surface area contributed by atoms with Crippen LogP contribution in [-0.4, -0.2) is 25.5 Å². The predicted octanol–water partition coefficient (Wildman–Crippen LogP) is 6.31. The zero-order valence-corrected chi connectivity index (χ0v) is 22.6. The van der Waals surface area contributed by atoms with Crippen molar-refractivity contribution in [3.63, 3.8) is 0 Å². The van der Waals surface area contributed by atoms with Crippen LogP contribution < -0.4 is 14.8 Å². The standard InChI is InChI=1S/C30H25BrFNO5/c1-4-37-23-13-21(22(31)14-24(23)38-15-17-8-7-9-18(32)12-17)26-25(30(35)36-3)16(2)33-28-19-10-5-6-11-20(19)29(34)27(26)28/h5-14,26,33H,4,15H2,1-3H3/t26-/m1/s1. The summed E-state index contributed by atoms with van der Waals surface area (Å²) in [6.45, 7) is 4.14. The number of fused-ring (bicyclic) bond motifs is 2. The first-order valence-corrected chi connectivity index (χ1v) is 12.9. The lowest BCUT2D eigenvalue weighted by atomic mass is 9.79. The Labute approximate surface area is 228 Å². The molecule has 0 aromatic heterocycles. The molecule has 0 spiro atoms. The maximum Gasteiger partial charge on any atom is 0.336 e. The van der Waals surface area contributed by atoms with Gasteiger partial charge in [0.1, 0.15) is 12.4 Å². The third-order valence-electron chi connectivity index (χ3n) is 6.61. The third kappa shape index (κ3) is 4.49. The molecule has 1 N–H and O–H groups in total. The van der Waals surface area contributed by atoms with Crippen molar-refractivity contribution in [3.8, 4) is 11.5 Å². The van der Waals surface area contributed by atoms with Crippen LogP contribution in [0.25, 0.3) is 5.70 Å². The Morgan fingerprint density at radius 1 is 1.03 bits per heavy atom. The van der Waals surface area contributed by atoms with Crippen molar-refractivity contribution in [2.45, 2.75) is 26.4 Å². The van der Waals surface area contributed by atoms with Gasteiger partial charge in [-0.3, -0.25) is 4.79 Å². The van der Waals surface area contributed by atoms with Crippen LogP contribution >= 0.6 is 15.9 Å². The van der Waals surface area contributed by atoms with E-state index in [2.05, 4.69) is 21.2 Å². The molecule has 1 atom stereocenters. The number of halogens is 2. The number of allylic oxidation sites excluding steroid dienone is 2. The molecule has 5 rings (SSSR count). The normalized spacial score (nSPS) is 16.1. The molecule has 1 heterocycles. The highest BCUT2D eigenvalue weighted by molar-refractivity contribution is 9.10. The second-order valence-electron chi connectivity index (χ2n) is 8.92. The maximum absolute atomic E-state index is 13.7. The summed E-state index contributed by atoms with van der Waals surface area (Å²) < 4.78 is 31.3. The van der Waals surface area contributed by atoms with Gasteiger partial charge in [-0.1, -0.05) is 52.3 Å². The molecule has 1 aliphatic heterocycles. The van der Waals surface area contributed by atoms with Gasteiger partial charge in [-0.15, -0.1) is 0 Å². The number of carbonyl (C=O) groups excluding carboxylic acids is 2. The van der Waals surface area contributed by atoms with E-state index in [-0.39, 0.29) is 18.2 Å². The van der Waals surface area contributed by atoms with Gasteiger partial charge in [-0.2, -0.15) is 0 Å². The first kappa shape index (κ1) is 25.7. The van der Waals surface area contributed by atoms with Gasteiger partial charge in [0.05, 0.1) is 30.9 Å². The van der Waals surface area contributed by atoms with Crippen molar-refractivity contribution in [1.82, 2.24) is 5.32 Å². The summed E-state index contributed by atoms with van der Waals surface area (Å²) >= 11 is 3.65. The average molecular weight is 578 g/mol.